The predicted octanol–water partition coefficient (Wildman–Crippen LogP) is 5.88. The van der Waals surface area contributed by atoms with Crippen molar-refractivity contribution in [2.75, 3.05) is 11.9 Å². The van der Waals surface area contributed by atoms with Crippen LogP contribution in [-0.2, 0) is 6.42 Å². The van der Waals surface area contributed by atoms with E-state index in [-0.39, 0.29) is 0 Å². The topological polar surface area (TPSA) is 15.3 Å². The van der Waals surface area contributed by atoms with Gasteiger partial charge in [0, 0.05) is 28.3 Å². The SMILES string of the molecule is Brc1ccccc1NC1CC2CCCC(C1)N2CCCc1ccccc1. The second-order valence-corrected chi connectivity index (χ2v) is 8.71. The van der Waals surface area contributed by atoms with Gasteiger partial charge in [0.15, 0.2) is 0 Å². The molecule has 2 fully saturated rings. The summed E-state index contributed by atoms with van der Waals surface area (Å²) in [6.45, 7) is 1.26. The lowest BCUT2D eigenvalue weighted by Gasteiger charge is -2.49. The molecule has 2 aliphatic heterocycles. The predicted molar refractivity (Wildman–Crippen MR) is 114 cm³/mol. The molecule has 2 bridgehead atoms. The Morgan fingerprint density at radius 2 is 1.62 bits per heavy atom. The molecule has 2 aromatic rings. The summed E-state index contributed by atoms with van der Waals surface area (Å²) in [7, 11) is 0. The molecule has 0 spiro atoms. The fraction of sp³-hybridized carbons (Fsp3) is 0.478. The molecule has 2 atom stereocenters. The molecule has 2 unspecified atom stereocenters. The number of aryl methyl sites for hydroxylation is 1. The average Bonchev–Trinajstić information content (AvgIpc) is 2.65. The van der Waals surface area contributed by atoms with Crippen LogP contribution in [0.15, 0.2) is 59.1 Å². The minimum atomic E-state index is 0.606. The van der Waals surface area contributed by atoms with Crippen molar-refractivity contribution < 1.29 is 0 Å². The second-order valence-electron chi connectivity index (χ2n) is 7.86. The van der Waals surface area contributed by atoms with Gasteiger partial charge >= 0.3 is 0 Å². The number of halogens is 1. The van der Waals surface area contributed by atoms with E-state index in [4.69, 9.17) is 0 Å². The molecule has 0 aromatic heterocycles. The second kappa shape index (κ2) is 8.58. The smallest absolute Gasteiger partial charge is 0.0486 e. The van der Waals surface area contributed by atoms with Gasteiger partial charge in [0.25, 0.3) is 0 Å². The van der Waals surface area contributed by atoms with E-state index in [0.717, 1.165) is 12.1 Å². The van der Waals surface area contributed by atoms with Gasteiger partial charge in [0.2, 0.25) is 0 Å². The summed E-state index contributed by atoms with van der Waals surface area (Å²) in [5.74, 6) is 0. The minimum absolute atomic E-state index is 0.606. The van der Waals surface area contributed by atoms with Gasteiger partial charge in [-0.15, -0.1) is 0 Å². The highest BCUT2D eigenvalue weighted by molar-refractivity contribution is 9.10. The Morgan fingerprint density at radius 3 is 2.35 bits per heavy atom. The summed E-state index contributed by atoms with van der Waals surface area (Å²) in [5.41, 5.74) is 2.72. The van der Waals surface area contributed by atoms with Crippen LogP contribution in [0.3, 0.4) is 0 Å². The van der Waals surface area contributed by atoms with Crippen LogP contribution >= 0.6 is 15.9 Å². The van der Waals surface area contributed by atoms with Crippen LogP contribution in [0.25, 0.3) is 0 Å². The highest BCUT2D eigenvalue weighted by Gasteiger charge is 2.37. The fourth-order valence-electron chi connectivity index (χ4n) is 4.87. The summed E-state index contributed by atoms with van der Waals surface area (Å²) < 4.78 is 1.18. The molecule has 138 valence electrons. The largest absolute Gasteiger partial charge is 0.381 e. The quantitative estimate of drug-likeness (QED) is 0.636. The van der Waals surface area contributed by atoms with Gasteiger partial charge < -0.3 is 5.32 Å². The van der Waals surface area contributed by atoms with Gasteiger partial charge in [-0.25, -0.2) is 0 Å². The number of hydrogen-bond acceptors (Lipinski definition) is 2. The standard InChI is InChI=1S/C23H29BrN2/c24-22-13-4-5-14-23(22)25-19-16-20-11-6-12-21(17-19)26(20)15-7-10-18-8-2-1-3-9-18/h1-5,8-9,13-14,19-21,25H,6-7,10-12,15-17H2. The normalized spacial score (nSPS) is 25.8. The monoisotopic (exact) mass is 412 g/mol. The molecule has 0 saturated carbocycles. The van der Waals surface area contributed by atoms with E-state index in [1.807, 2.05) is 0 Å². The van der Waals surface area contributed by atoms with Gasteiger partial charge in [-0.1, -0.05) is 48.9 Å². The number of nitrogens with one attached hydrogen (secondary N) is 1. The number of piperidine rings is 2. The number of rotatable bonds is 6. The number of para-hydroxylation sites is 1. The van der Waals surface area contributed by atoms with Gasteiger partial charge in [-0.2, -0.15) is 0 Å². The van der Waals surface area contributed by atoms with Crippen molar-refractivity contribution in [3.63, 3.8) is 0 Å². The molecule has 0 radical (unpaired) electrons. The molecule has 2 saturated heterocycles. The van der Waals surface area contributed by atoms with E-state index in [9.17, 15) is 0 Å². The molecular formula is C23H29BrN2. The van der Waals surface area contributed by atoms with Crippen molar-refractivity contribution in [2.24, 2.45) is 0 Å². The van der Waals surface area contributed by atoms with Crippen LogP contribution in [0.5, 0.6) is 0 Å². The van der Waals surface area contributed by atoms with E-state index in [1.165, 1.54) is 67.2 Å². The number of fused-ring (bicyclic) bond motifs is 2. The molecule has 0 aliphatic carbocycles. The van der Waals surface area contributed by atoms with Crippen LogP contribution in [0, 0.1) is 0 Å². The summed E-state index contributed by atoms with van der Waals surface area (Å²) >= 11 is 3.68. The van der Waals surface area contributed by atoms with Gasteiger partial charge in [0.05, 0.1) is 0 Å². The Hall–Kier alpha value is -1.32. The molecule has 2 heterocycles. The average molecular weight is 413 g/mol. The first kappa shape index (κ1) is 18.1. The molecule has 4 rings (SSSR count). The number of benzene rings is 2. The Balaban J connectivity index is 1.34. The Kier molecular flexibility index (Phi) is 5.96. The van der Waals surface area contributed by atoms with Gasteiger partial charge in [0.1, 0.15) is 0 Å². The zero-order chi connectivity index (χ0) is 17.8. The van der Waals surface area contributed by atoms with Gasteiger partial charge in [-0.05, 0) is 78.7 Å². The van der Waals surface area contributed by atoms with Crippen LogP contribution < -0.4 is 5.32 Å². The summed E-state index contributed by atoms with van der Waals surface area (Å²) in [5, 5.41) is 3.81. The first-order valence-corrected chi connectivity index (χ1v) is 10.9. The molecule has 3 heteroatoms. The third-order valence-corrected chi connectivity index (χ3v) is 6.78. The maximum Gasteiger partial charge on any atom is 0.0486 e. The van der Waals surface area contributed by atoms with E-state index in [0.29, 0.717) is 6.04 Å². The Labute approximate surface area is 166 Å². The number of nitrogens with zero attached hydrogens (tertiary/aromatic N) is 1. The molecular weight excluding hydrogens is 384 g/mol. The van der Waals surface area contributed by atoms with Crippen molar-refractivity contribution in [1.82, 2.24) is 4.90 Å². The number of hydrogen-bond donors (Lipinski definition) is 1. The van der Waals surface area contributed by atoms with Crippen LogP contribution in [0.2, 0.25) is 0 Å². The van der Waals surface area contributed by atoms with E-state index in [1.54, 1.807) is 0 Å². The van der Waals surface area contributed by atoms with Crippen LogP contribution in [-0.4, -0.2) is 29.6 Å². The molecule has 1 N–H and O–H groups in total. The van der Waals surface area contributed by atoms with Crippen molar-refractivity contribution in [2.45, 2.75) is 63.1 Å². The van der Waals surface area contributed by atoms with Crippen molar-refractivity contribution in [3.05, 3.63) is 64.6 Å². The Bertz CT molecular complexity index is 688. The van der Waals surface area contributed by atoms with Crippen molar-refractivity contribution in [3.8, 4) is 0 Å². The van der Waals surface area contributed by atoms with E-state index in [2.05, 4.69) is 80.7 Å². The summed E-state index contributed by atoms with van der Waals surface area (Å²) in [6, 6.07) is 21.6. The lowest BCUT2D eigenvalue weighted by Crippen LogP contribution is -2.55. The highest BCUT2D eigenvalue weighted by Crippen LogP contribution is 2.36. The van der Waals surface area contributed by atoms with Crippen LogP contribution in [0.1, 0.15) is 44.1 Å². The number of anilines is 1. The summed E-state index contributed by atoms with van der Waals surface area (Å²) in [6.07, 6.45) is 9.19. The van der Waals surface area contributed by atoms with Gasteiger partial charge in [-0.3, -0.25) is 4.90 Å². The molecule has 0 amide bonds. The third-order valence-electron chi connectivity index (χ3n) is 6.08. The van der Waals surface area contributed by atoms with Crippen molar-refractivity contribution >= 4 is 21.6 Å². The Morgan fingerprint density at radius 1 is 0.923 bits per heavy atom. The maximum atomic E-state index is 3.81. The van der Waals surface area contributed by atoms with E-state index < -0.39 is 0 Å². The molecule has 2 aromatic carbocycles. The first-order chi connectivity index (χ1) is 12.8. The first-order valence-electron chi connectivity index (χ1n) is 10.1. The molecule has 26 heavy (non-hydrogen) atoms. The minimum Gasteiger partial charge on any atom is -0.381 e. The van der Waals surface area contributed by atoms with Crippen LogP contribution in [0.4, 0.5) is 5.69 Å². The van der Waals surface area contributed by atoms with E-state index >= 15 is 0 Å². The van der Waals surface area contributed by atoms with Crippen molar-refractivity contribution in [1.29, 1.82) is 0 Å². The highest BCUT2D eigenvalue weighted by atomic mass is 79.9. The molecule has 2 nitrogen and oxygen atoms in total. The lowest BCUT2D eigenvalue weighted by molar-refractivity contribution is 0.0342. The molecule has 2 aliphatic rings. The summed E-state index contributed by atoms with van der Waals surface area (Å²) in [4.78, 5) is 2.84. The zero-order valence-electron chi connectivity index (χ0n) is 15.4. The third kappa shape index (κ3) is 4.32. The fourth-order valence-corrected chi connectivity index (χ4v) is 5.27. The zero-order valence-corrected chi connectivity index (χ0v) is 17.0. The lowest BCUT2D eigenvalue weighted by atomic mass is 9.81. The maximum absolute atomic E-state index is 3.81.